The van der Waals surface area contributed by atoms with Gasteiger partial charge in [-0.2, -0.15) is 0 Å². The van der Waals surface area contributed by atoms with Crippen molar-refractivity contribution in [1.82, 2.24) is 5.32 Å². The summed E-state index contributed by atoms with van der Waals surface area (Å²) in [5.41, 5.74) is -0.648. The Morgan fingerprint density at radius 1 is 1.37 bits per heavy atom. The Kier molecular flexibility index (Phi) is 3.28. The van der Waals surface area contributed by atoms with Crippen LogP contribution in [0.15, 0.2) is 0 Å². The quantitative estimate of drug-likeness (QED) is 0.785. The molecule has 0 saturated heterocycles. The highest BCUT2D eigenvalue weighted by molar-refractivity contribution is 5.89. The summed E-state index contributed by atoms with van der Waals surface area (Å²) >= 11 is 0. The first-order valence-corrected chi connectivity index (χ1v) is 6.44. The molecule has 2 aliphatic rings. The lowest BCUT2D eigenvalue weighted by molar-refractivity contribution is -0.145. The third-order valence-corrected chi connectivity index (χ3v) is 3.73. The number of ketones is 1. The molecule has 0 aliphatic heterocycles. The number of carboxylic acid groups (broad SMARTS) is 1. The summed E-state index contributed by atoms with van der Waals surface area (Å²) in [6, 6.07) is -0.640. The molecule has 0 aromatic carbocycles. The van der Waals surface area contributed by atoms with Gasteiger partial charge in [-0.05, 0) is 33.1 Å². The van der Waals surface area contributed by atoms with E-state index in [1.165, 1.54) is 0 Å². The highest BCUT2D eigenvalue weighted by Gasteiger charge is 2.56. The van der Waals surface area contributed by atoms with Gasteiger partial charge in [-0.15, -0.1) is 0 Å². The Morgan fingerprint density at radius 2 is 2.00 bits per heavy atom. The zero-order valence-electron chi connectivity index (χ0n) is 11.3. The number of fused-ring (bicyclic) bond motifs is 2. The molecule has 2 saturated carbocycles. The zero-order chi connectivity index (χ0) is 14.4. The van der Waals surface area contributed by atoms with Crippen molar-refractivity contribution >= 4 is 17.8 Å². The van der Waals surface area contributed by atoms with Crippen LogP contribution in [0.2, 0.25) is 0 Å². The number of aliphatic carboxylic acids is 1. The lowest BCUT2D eigenvalue weighted by Gasteiger charge is -2.29. The van der Waals surface area contributed by atoms with Crippen molar-refractivity contribution in [3.05, 3.63) is 0 Å². The fourth-order valence-electron chi connectivity index (χ4n) is 3.10. The standard InChI is InChI=1S/C13H19NO5/c1-13(2,3)19-12(18)14-10-7-4-6(5-8(7)15)9(10)11(16)17/h6-7,9-10H,4-5H2,1-3H3,(H,14,18)(H,16,17)/t6-,7+,9-,10+/m0/s1. The van der Waals surface area contributed by atoms with Crippen LogP contribution in [0.25, 0.3) is 0 Å². The number of carboxylic acids is 1. The molecule has 106 valence electrons. The topological polar surface area (TPSA) is 92.7 Å². The van der Waals surface area contributed by atoms with E-state index in [1.54, 1.807) is 20.8 Å². The molecular weight excluding hydrogens is 250 g/mol. The number of hydrogen-bond donors (Lipinski definition) is 2. The van der Waals surface area contributed by atoms with Crippen LogP contribution in [0.1, 0.15) is 33.6 Å². The minimum Gasteiger partial charge on any atom is -0.481 e. The minimum atomic E-state index is -0.957. The van der Waals surface area contributed by atoms with E-state index in [0.717, 1.165) is 0 Å². The largest absolute Gasteiger partial charge is 0.481 e. The SMILES string of the molecule is CC(C)(C)OC(=O)N[C@H]1[C@@H](C(=O)O)[C@@H]2CC(=O)[C@H]1C2. The molecule has 6 heteroatoms. The summed E-state index contributed by atoms with van der Waals surface area (Å²) in [4.78, 5) is 34.7. The van der Waals surface area contributed by atoms with Crippen LogP contribution in [-0.4, -0.2) is 34.6 Å². The Hall–Kier alpha value is -1.59. The van der Waals surface area contributed by atoms with Crippen molar-refractivity contribution in [1.29, 1.82) is 0 Å². The summed E-state index contributed by atoms with van der Waals surface area (Å²) < 4.78 is 5.12. The molecule has 0 aromatic rings. The number of nitrogens with one attached hydrogen (secondary N) is 1. The van der Waals surface area contributed by atoms with Gasteiger partial charge in [0.25, 0.3) is 0 Å². The number of hydrogen-bond acceptors (Lipinski definition) is 4. The van der Waals surface area contributed by atoms with E-state index in [1.807, 2.05) is 0 Å². The van der Waals surface area contributed by atoms with Crippen LogP contribution in [0.4, 0.5) is 4.79 Å². The van der Waals surface area contributed by atoms with E-state index < -0.39 is 29.6 Å². The molecule has 0 spiro atoms. The third-order valence-electron chi connectivity index (χ3n) is 3.73. The summed E-state index contributed by atoms with van der Waals surface area (Å²) in [5.74, 6) is -2.13. The highest BCUT2D eigenvalue weighted by atomic mass is 16.6. The van der Waals surface area contributed by atoms with Crippen molar-refractivity contribution in [2.45, 2.75) is 45.3 Å². The lowest BCUT2D eigenvalue weighted by atomic mass is 9.84. The number of Topliss-reactive ketones (excluding diaryl/α,β-unsaturated/α-hetero) is 1. The molecule has 2 bridgehead atoms. The van der Waals surface area contributed by atoms with E-state index in [4.69, 9.17) is 4.74 Å². The molecule has 0 radical (unpaired) electrons. The van der Waals surface area contributed by atoms with Gasteiger partial charge in [-0.1, -0.05) is 0 Å². The number of alkyl carbamates (subject to hydrolysis) is 1. The first-order chi connectivity index (χ1) is 8.69. The van der Waals surface area contributed by atoms with Gasteiger partial charge < -0.3 is 15.2 Å². The van der Waals surface area contributed by atoms with E-state index in [2.05, 4.69) is 5.32 Å². The maximum Gasteiger partial charge on any atom is 0.407 e. The first-order valence-electron chi connectivity index (χ1n) is 6.44. The molecular formula is C13H19NO5. The molecule has 0 aromatic heterocycles. The second kappa shape index (κ2) is 4.51. The molecule has 19 heavy (non-hydrogen) atoms. The Balaban J connectivity index is 2.07. The molecule has 2 aliphatic carbocycles. The van der Waals surface area contributed by atoms with Crippen LogP contribution in [0.3, 0.4) is 0 Å². The Bertz CT molecular complexity index is 425. The fraction of sp³-hybridized carbons (Fsp3) is 0.769. The van der Waals surface area contributed by atoms with Gasteiger partial charge in [0.15, 0.2) is 0 Å². The van der Waals surface area contributed by atoms with Gasteiger partial charge in [-0.25, -0.2) is 4.79 Å². The lowest BCUT2D eigenvalue weighted by Crippen LogP contribution is -2.50. The molecule has 2 rings (SSSR count). The number of carbonyl (C=O) groups excluding carboxylic acids is 2. The van der Waals surface area contributed by atoms with Crippen LogP contribution < -0.4 is 5.32 Å². The van der Waals surface area contributed by atoms with E-state index in [0.29, 0.717) is 12.8 Å². The Labute approximate surface area is 111 Å². The van der Waals surface area contributed by atoms with Gasteiger partial charge >= 0.3 is 12.1 Å². The number of ether oxygens (including phenoxy) is 1. The normalized spacial score (nSPS) is 33.3. The van der Waals surface area contributed by atoms with Gasteiger partial charge in [0, 0.05) is 12.3 Å². The molecule has 2 N–H and O–H groups in total. The monoisotopic (exact) mass is 269 g/mol. The summed E-state index contributed by atoms with van der Waals surface area (Å²) in [6.07, 6.45) is 0.203. The van der Waals surface area contributed by atoms with Gasteiger partial charge in [-0.3, -0.25) is 9.59 Å². The maximum atomic E-state index is 11.7. The average molecular weight is 269 g/mol. The Morgan fingerprint density at radius 3 is 2.53 bits per heavy atom. The van der Waals surface area contributed by atoms with E-state index in [-0.39, 0.29) is 17.6 Å². The first kappa shape index (κ1) is 13.8. The average Bonchev–Trinajstić information content (AvgIpc) is 2.69. The van der Waals surface area contributed by atoms with Crippen molar-refractivity contribution < 1.29 is 24.2 Å². The second-order valence-corrected chi connectivity index (χ2v) is 6.31. The molecule has 1 amide bonds. The second-order valence-electron chi connectivity index (χ2n) is 6.31. The van der Waals surface area contributed by atoms with Crippen LogP contribution >= 0.6 is 0 Å². The minimum absolute atomic E-state index is 0.0450. The van der Waals surface area contributed by atoms with E-state index >= 15 is 0 Å². The summed E-state index contributed by atoms with van der Waals surface area (Å²) in [7, 11) is 0. The number of rotatable bonds is 2. The smallest absolute Gasteiger partial charge is 0.407 e. The van der Waals surface area contributed by atoms with Crippen molar-refractivity contribution in [2.75, 3.05) is 0 Å². The van der Waals surface area contributed by atoms with Gasteiger partial charge in [0.2, 0.25) is 0 Å². The molecule has 0 heterocycles. The number of amides is 1. The van der Waals surface area contributed by atoms with Crippen molar-refractivity contribution in [3.63, 3.8) is 0 Å². The summed E-state index contributed by atoms with van der Waals surface area (Å²) in [5, 5.41) is 11.8. The van der Waals surface area contributed by atoms with Gasteiger partial charge in [0.05, 0.1) is 12.0 Å². The van der Waals surface area contributed by atoms with Crippen LogP contribution in [-0.2, 0) is 14.3 Å². The predicted octanol–water partition coefficient (Wildman–Crippen LogP) is 1.19. The molecule has 4 atom stereocenters. The number of carbonyl (C=O) groups is 3. The van der Waals surface area contributed by atoms with E-state index in [9.17, 15) is 19.5 Å². The van der Waals surface area contributed by atoms with Crippen LogP contribution in [0, 0.1) is 17.8 Å². The molecule has 6 nitrogen and oxygen atoms in total. The molecule has 0 unspecified atom stereocenters. The highest BCUT2D eigenvalue weighted by Crippen LogP contribution is 2.46. The van der Waals surface area contributed by atoms with Crippen LogP contribution in [0.5, 0.6) is 0 Å². The van der Waals surface area contributed by atoms with Gasteiger partial charge in [0.1, 0.15) is 11.4 Å². The van der Waals surface area contributed by atoms with Crippen molar-refractivity contribution in [2.24, 2.45) is 17.8 Å². The molecule has 2 fully saturated rings. The third kappa shape index (κ3) is 2.72. The predicted molar refractivity (Wildman–Crippen MR) is 65.5 cm³/mol. The van der Waals surface area contributed by atoms with Crippen molar-refractivity contribution in [3.8, 4) is 0 Å². The maximum absolute atomic E-state index is 11.7. The summed E-state index contributed by atoms with van der Waals surface area (Å²) in [6.45, 7) is 5.19. The fourth-order valence-corrected chi connectivity index (χ4v) is 3.10. The zero-order valence-corrected chi connectivity index (χ0v) is 11.3.